The number of nitriles is 1. The van der Waals surface area contributed by atoms with Crippen molar-refractivity contribution in [3.05, 3.63) is 0 Å². The van der Waals surface area contributed by atoms with Crippen molar-refractivity contribution in [3.8, 4) is 6.07 Å². The molecular weight excluding hydrogens is 166 g/mol. The molecule has 3 nitrogen and oxygen atoms in total. The lowest BCUT2D eigenvalue weighted by Gasteiger charge is -2.13. The molecule has 0 aromatic rings. The van der Waals surface area contributed by atoms with Crippen LogP contribution in [-0.2, 0) is 9.53 Å². The van der Waals surface area contributed by atoms with Crippen molar-refractivity contribution in [3.63, 3.8) is 0 Å². The topological polar surface area (TPSA) is 50.1 Å². The van der Waals surface area contributed by atoms with Gasteiger partial charge in [-0.25, -0.2) is 0 Å². The second-order valence-electron chi connectivity index (χ2n) is 3.80. The highest BCUT2D eigenvalue weighted by Gasteiger charge is 2.21. The first kappa shape index (κ1) is 12.0. The van der Waals surface area contributed by atoms with E-state index in [-0.39, 0.29) is 6.10 Å². The summed E-state index contributed by atoms with van der Waals surface area (Å²) in [5.74, 6) is -0.669. The van der Waals surface area contributed by atoms with Crippen LogP contribution in [0.2, 0.25) is 0 Å². The second kappa shape index (κ2) is 5.58. The minimum absolute atomic E-state index is 0.143. The lowest BCUT2D eigenvalue weighted by molar-refractivity contribution is -0.150. The van der Waals surface area contributed by atoms with Gasteiger partial charge in [0.1, 0.15) is 5.92 Å². The Balaban J connectivity index is 4.10. The van der Waals surface area contributed by atoms with Gasteiger partial charge < -0.3 is 4.74 Å². The van der Waals surface area contributed by atoms with Gasteiger partial charge in [-0.1, -0.05) is 13.8 Å². The maximum Gasteiger partial charge on any atom is 0.323 e. The highest BCUT2D eigenvalue weighted by Crippen LogP contribution is 2.13. The Hall–Kier alpha value is -1.04. The minimum atomic E-state index is -0.609. The average molecular weight is 183 g/mol. The number of hydrogen-bond acceptors (Lipinski definition) is 3. The van der Waals surface area contributed by atoms with Crippen LogP contribution in [0.25, 0.3) is 0 Å². The van der Waals surface area contributed by atoms with Crippen LogP contribution in [0.3, 0.4) is 0 Å². The van der Waals surface area contributed by atoms with E-state index in [1.54, 1.807) is 13.8 Å². The second-order valence-corrected chi connectivity index (χ2v) is 3.80. The van der Waals surface area contributed by atoms with Crippen LogP contribution < -0.4 is 0 Å². The molecule has 0 amide bonds. The van der Waals surface area contributed by atoms with Gasteiger partial charge in [-0.15, -0.1) is 0 Å². The van der Waals surface area contributed by atoms with Gasteiger partial charge >= 0.3 is 5.97 Å². The molecule has 0 radical (unpaired) electrons. The molecule has 0 saturated carbocycles. The van der Waals surface area contributed by atoms with Gasteiger partial charge in [0.2, 0.25) is 0 Å². The van der Waals surface area contributed by atoms with Crippen LogP contribution in [0.4, 0.5) is 0 Å². The first-order valence-corrected chi connectivity index (χ1v) is 4.57. The van der Waals surface area contributed by atoms with Gasteiger partial charge in [0, 0.05) is 0 Å². The highest BCUT2D eigenvalue weighted by atomic mass is 16.5. The molecular formula is C10H17NO2. The van der Waals surface area contributed by atoms with Gasteiger partial charge in [-0.2, -0.15) is 5.26 Å². The Morgan fingerprint density at radius 3 is 2.23 bits per heavy atom. The van der Waals surface area contributed by atoms with Gasteiger partial charge in [-0.3, -0.25) is 4.79 Å². The Morgan fingerprint density at radius 2 is 1.92 bits per heavy atom. The molecule has 74 valence electrons. The summed E-state index contributed by atoms with van der Waals surface area (Å²) in [6.07, 6.45) is 0.428. The SMILES string of the molecule is CC(C)CC(C#N)C(=O)OC(C)C. The van der Waals surface area contributed by atoms with Crippen molar-refractivity contribution < 1.29 is 9.53 Å². The molecule has 0 aromatic carbocycles. The van der Waals surface area contributed by atoms with E-state index >= 15 is 0 Å². The molecule has 0 aliphatic rings. The fourth-order valence-corrected chi connectivity index (χ4v) is 0.987. The van der Waals surface area contributed by atoms with E-state index in [0.29, 0.717) is 12.3 Å². The van der Waals surface area contributed by atoms with E-state index in [9.17, 15) is 4.79 Å². The van der Waals surface area contributed by atoms with E-state index in [2.05, 4.69) is 0 Å². The molecule has 0 rings (SSSR count). The van der Waals surface area contributed by atoms with Crippen LogP contribution in [-0.4, -0.2) is 12.1 Å². The van der Waals surface area contributed by atoms with E-state index in [1.807, 2.05) is 19.9 Å². The predicted octanol–water partition coefficient (Wildman–Crippen LogP) is 2.12. The Kier molecular flexibility index (Phi) is 5.13. The summed E-state index contributed by atoms with van der Waals surface area (Å²) in [5.41, 5.74) is 0. The minimum Gasteiger partial charge on any atom is -0.462 e. The normalized spacial score (nSPS) is 12.7. The van der Waals surface area contributed by atoms with Crippen molar-refractivity contribution in [1.82, 2.24) is 0 Å². The summed E-state index contributed by atoms with van der Waals surface area (Å²) < 4.78 is 4.94. The summed E-state index contributed by atoms with van der Waals surface area (Å²) in [4.78, 5) is 11.3. The number of carbonyl (C=O) groups excluding carboxylic acids is 1. The summed E-state index contributed by atoms with van der Waals surface area (Å²) in [5, 5.41) is 8.71. The number of carbonyl (C=O) groups is 1. The number of ether oxygens (including phenoxy) is 1. The molecule has 0 spiro atoms. The van der Waals surface area contributed by atoms with Gasteiger partial charge in [0.05, 0.1) is 12.2 Å². The van der Waals surface area contributed by atoms with Crippen LogP contribution in [0.15, 0.2) is 0 Å². The predicted molar refractivity (Wildman–Crippen MR) is 49.8 cm³/mol. The fraction of sp³-hybridized carbons (Fsp3) is 0.800. The third-order valence-corrected chi connectivity index (χ3v) is 1.50. The van der Waals surface area contributed by atoms with E-state index in [0.717, 1.165) is 0 Å². The largest absolute Gasteiger partial charge is 0.462 e. The maximum absolute atomic E-state index is 11.3. The molecule has 0 saturated heterocycles. The van der Waals surface area contributed by atoms with E-state index in [4.69, 9.17) is 10.00 Å². The lowest BCUT2D eigenvalue weighted by Crippen LogP contribution is -2.21. The van der Waals surface area contributed by atoms with E-state index < -0.39 is 11.9 Å². The molecule has 0 aliphatic heterocycles. The summed E-state index contributed by atoms with van der Waals surface area (Å²) in [6, 6.07) is 1.96. The Bertz CT molecular complexity index is 203. The van der Waals surface area contributed by atoms with Crippen LogP contribution in [0.1, 0.15) is 34.1 Å². The quantitative estimate of drug-likeness (QED) is 0.627. The maximum atomic E-state index is 11.3. The van der Waals surface area contributed by atoms with Crippen LogP contribution in [0.5, 0.6) is 0 Å². The molecule has 0 heterocycles. The van der Waals surface area contributed by atoms with Crippen molar-refractivity contribution >= 4 is 5.97 Å². The third kappa shape index (κ3) is 5.24. The van der Waals surface area contributed by atoms with E-state index in [1.165, 1.54) is 0 Å². The standard InChI is InChI=1S/C10H17NO2/c1-7(2)5-9(6-11)10(12)13-8(3)4/h7-9H,5H2,1-4H3. The first-order chi connectivity index (χ1) is 5.97. The first-order valence-electron chi connectivity index (χ1n) is 4.57. The van der Waals surface area contributed by atoms with Crippen molar-refractivity contribution in [1.29, 1.82) is 5.26 Å². The monoisotopic (exact) mass is 183 g/mol. The number of hydrogen-bond donors (Lipinski definition) is 0. The molecule has 0 N–H and O–H groups in total. The van der Waals surface area contributed by atoms with Crippen LogP contribution in [0, 0.1) is 23.2 Å². The zero-order chi connectivity index (χ0) is 10.4. The zero-order valence-electron chi connectivity index (χ0n) is 8.70. The zero-order valence-corrected chi connectivity index (χ0v) is 8.70. The lowest BCUT2D eigenvalue weighted by atomic mass is 9.99. The summed E-state index contributed by atoms with van der Waals surface area (Å²) in [7, 11) is 0. The van der Waals surface area contributed by atoms with Gasteiger partial charge in [0.25, 0.3) is 0 Å². The number of rotatable bonds is 4. The molecule has 1 atom stereocenters. The number of nitrogens with zero attached hydrogens (tertiary/aromatic N) is 1. The van der Waals surface area contributed by atoms with Crippen molar-refractivity contribution in [2.45, 2.75) is 40.2 Å². The molecule has 1 unspecified atom stereocenters. The molecule has 0 aromatic heterocycles. The Morgan fingerprint density at radius 1 is 1.38 bits per heavy atom. The average Bonchev–Trinajstić information content (AvgIpc) is 1.98. The summed E-state index contributed by atoms with van der Waals surface area (Å²) >= 11 is 0. The highest BCUT2D eigenvalue weighted by molar-refractivity contribution is 5.75. The smallest absolute Gasteiger partial charge is 0.323 e. The number of esters is 1. The molecule has 0 bridgehead atoms. The van der Waals surface area contributed by atoms with Gasteiger partial charge in [0.15, 0.2) is 0 Å². The summed E-state index contributed by atoms with van der Waals surface area (Å²) in [6.45, 7) is 7.52. The van der Waals surface area contributed by atoms with Crippen molar-refractivity contribution in [2.75, 3.05) is 0 Å². The van der Waals surface area contributed by atoms with Crippen LogP contribution >= 0.6 is 0 Å². The third-order valence-electron chi connectivity index (χ3n) is 1.50. The van der Waals surface area contributed by atoms with Gasteiger partial charge in [-0.05, 0) is 26.2 Å². The fourth-order valence-electron chi connectivity index (χ4n) is 0.987. The molecule has 0 aliphatic carbocycles. The molecule has 3 heteroatoms. The molecule has 13 heavy (non-hydrogen) atoms. The van der Waals surface area contributed by atoms with Crippen molar-refractivity contribution in [2.24, 2.45) is 11.8 Å². The Labute approximate surface area is 79.7 Å². The molecule has 0 fully saturated rings.